The highest BCUT2D eigenvalue weighted by atomic mass is 32.2. The summed E-state index contributed by atoms with van der Waals surface area (Å²) in [7, 11) is 0. The highest BCUT2D eigenvalue weighted by Crippen LogP contribution is 2.14. The van der Waals surface area contributed by atoms with Crippen molar-refractivity contribution in [2.45, 2.75) is 50.8 Å². The van der Waals surface area contributed by atoms with E-state index in [0.717, 1.165) is 17.7 Å². The minimum Gasteiger partial charge on any atom is -0.392 e. The molecule has 0 unspecified atom stereocenters. The van der Waals surface area contributed by atoms with Gasteiger partial charge in [-0.1, -0.05) is 55.6 Å². The first-order valence-corrected chi connectivity index (χ1v) is 17.8. The van der Waals surface area contributed by atoms with Crippen molar-refractivity contribution in [3.05, 3.63) is 91.0 Å². The Morgan fingerprint density at radius 1 is 0.804 bits per heavy atom. The molecule has 6 amide bonds. The van der Waals surface area contributed by atoms with Gasteiger partial charge in [-0.15, -0.1) is 0 Å². The van der Waals surface area contributed by atoms with Crippen LogP contribution in [0.15, 0.2) is 79.9 Å². The van der Waals surface area contributed by atoms with E-state index >= 15 is 0 Å². The molecule has 1 fully saturated rings. The molecule has 274 valence electrons. The van der Waals surface area contributed by atoms with Gasteiger partial charge < -0.3 is 41.5 Å². The molecule has 0 radical (unpaired) electrons. The van der Waals surface area contributed by atoms with Crippen molar-refractivity contribution < 1.29 is 33.9 Å². The lowest BCUT2D eigenvalue weighted by Crippen LogP contribution is -2.59. The number of hydrogen-bond donors (Lipinski definition) is 5. The Morgan fingerprint density at radius 3 is 2.00 bits per heavy atom. The summed E-state index contributed by atoms with van der Waals surface area (Å²) in [6.07, 6.45) is 3.78. The predicted molar refractivity (Wildman–Crippen MR) is 195 cm³/mol. The molecule has 2 atom stereocenters. The number of rotatable bonds is 19. The number of amides is 6. The van der Waals surface area contributed by atoms with Gasteiger partial charge in [0.1, 0.15) is 12.1 Å². The van der Waals surface area contributed by atoms with Crippen LogP contribution in [0.5, 0.6) is 0 Å². The zero-order valence-electron chi connectivity index (χ0n) is 28.6. The van der Waals surface area contributed by atoms with Crippen molar-refractivity contribution >= 4 is 52.9 Å². The van der Waals surface area contributed by atoms with Gasteiger partial charge in [0.2, 0.25) is 35.4 Å². The molecular weight excluding hydrogens is 675 g/mol. The summed E-state index contributed by atoms with van der Waals surface area (Å²) in [5.41, 5.74) is 7.87. The van der Waals surface area contributed by atoms with Crippen LogP contribution in [-0.2, 0) is 41.8 Å². The van der Waals surface area contributed by atoms with Crippen LogP contribution in [0.1, 0.15) is 36.8 Å². The number of nitrogens with one attached hydrogen (secondary N) is 3. The van der Waals surface area contributed by atoms with Crippen molar-refractivity contribution in [2.75, 3.05) is 43.4 Å². The van der Waals surface area contributed by atoms with Crippen molar-refractivity contribution in [3.8, 4) is 0 Å². The van der Waals surface area contributed by atoms with E-state index in [1.54, 1.807) is 24.3 Å². The molecule has 1 aliphatic heterocycles. The van der Waals surface area contributed by atoms with Crippen molar-refractivity contribution in [1.82, 2.24) is 25.3 Å². The van der Waals surface area contributed by atoms with Gasteiger partial charge in [-0.3, -0.25) is 28.8 Å². The Labute approximate surface area is 302 Å². The largest absolute Gasteiger partial charge is 0.392 e. The molecule has 51 heavy (non-hydrogen) atoms. The Kier molecular flexibility index (Phi) is 16.9. The standard InChI is InChI=1S/C36H47N7O7S/c1-3-32(46)41-23-42(33(47)4-2)25-43(24-41)34(48)18-20-51-22-31(45)39-30(17-14-26-9-6-5-7-10-26)36(50)40-29(11-8-19-37)35(49)38-28-15-12-27(21-44)13-16-28/h3-7,9-10,12-13,15-16,29-30,44H,1-2,8,11,14,17-25,37H2,(H,38,49)(H,39,45)(H,40,50)/t29-,30-/m0/s1. The summed E-state index contributed by atoms with van der Waals surface area (Å²) in [6, 6.07) is 14.3. The fourth-order valence-electron chi connectivity index (χ4n) is 5.18. The van der Waals surface area contributed by atoms with Crippen molar-refractivity contribution in [2.24, 2.45) is 5.73 Å². The number of nitrogens with zero attached hydrogens (tertiary/aromatic N) is 3. The summed E-state index contributed by atoms with van der Waals surface area (Å²) in [5, 5.41) is 17.7. The first-order valence-electron chi connectivity index (χ1n) is 16.6. The molecule has 2 aromatic carbocycles. The van der Waals surface area contributed by atoms with Crippen LogP contribution in [0.3, 0.4) is 0 Å². The number of thioether (sulfide) groups is 1. The first-order chi connectivity index (χ1) is 24.6. The van der Waals surface area contributed by atoms with Crippen LogP contribution in [0, 0.1) is 0 Å². The van der Waals surface area contributed by atoms with Crippen LogP contribution in [0.25, 0.3) is 0 Å². The molecule has 0 saturated carbocycles. The minimum absolute atomic E-state index is 0.00504. The SMILES string of the molecule is C=CC(=O)N1CN(C(=O)C=C)CN(C(=O)CCSCC(=O)N[C@@H](CCc2ccccc2)C(=O)N[C@@H](CCCN)C(=O)Nc2ccc(CO)cc2)C1. The van der Waals surface area contributed by atoms with Crippen LogP contribution in [0.2, 0.25) is 0 Å². The second kappa shape index (κ2) is 21.3. The Hall–Kier alpha value is -4.99. The Balaban J connectivity index is 1.60. The Bertz CT molecular complexity index is 1500. The van der Waals surface area contributed by atoms with Crippen LogP contribution < -0.4 is 21.7 Å². The quantitative estimate of drug-likeness (QED) is 0.105. The summed E-state index contributed by atoms with van der Waals surface area (Å²) in [5.74, 6) is -2.30. The Morgan fingerprint density at radius 2 is 1.41 bits per heavy atom. The van der Waals surface area contributed by atoms with Gasteiger partial charge in [0.25, 0.3) is 0 Å². The third-order valence-corrected chi connectivity index (χ3v) is 8.95. The molecule has 1 saturated heterocycles. The molecule has 1 aliphatic rings. The molecule has 15 heteroatoms. The lowest BCUT2D eigenvalue weighted by Gasteiger charge is -2.41. The number of hydrogen-bond acceptors (Lipinski definition) is 9. The molecular formula is C36H47N7O7S. The maximum Gasteiger partial charge on any atom is 0.248 e. The number of carbonyl (C=O) groups excluding carboxylic acids is 6. The molecule has 1 heterocycles. The minimum atomic E-state index is -0.952. The van der Waals surface area contributed by atoms with Gasteiger partial charge in [-0.05, 0) is 67.6 Å². The van der Waals surface area contributed by atoms with E-state index in [2.05, 4.69) is 29.1 Å². The maximum atomic E-state index is 13.6. The number of nitrogens with two attached hydrogens (primary N) is 1. The van der Waals surface area contributed by atoms with Crippen LogP contribution >= 0.6 is 11.8 Å². The molecule has 3 rings (SSSR count). The second-order valence-corrected chi connectivity index (χ2v) is 12.9. The summed E-state index contributed by atoms with van der Waals surface area (Å²) in [6.45, 7) is 7.12. The van der Waals surface area contributed by atoms with E-state index in [1.165, 1.54) is 26.5 Å². The third-order valence-electron chi connectivity index (χ3n) is 7.99. The molecule has 0 aliphatic carbocycles. The van der Waals surface area contributed by atoms with Crippen LogP contribution in [-0.4, -0.2) is 105 Å². The van der Waals surface area contributed by atoms with Gasteiger partial charge >= 0.3 is 0 Å². The zero-order valence-corrected chi connectivity index (χ0v) is 29.4. The normalized spacial score (nSPS) is 13.8. The molecule has 2 aromatic rings. The number of carbonyl (C=O) groups is 6. The second-order valence-electron chi connectivity index (χ2n) is 11.8. The van der Waals surface area contributed by atoms with Crippen molar-refractivity contribution in [3.63, 3.8) is 0 Å². The number of anilines is 1. The number of benzene rings is 2. The van der Waals surface area contributed by atoms with E-state index in [1.807, 2.05) is 30.3 Å². The first kappa shape index (κ1) is 40.4. The van der Waals surface area contributed by atoms with E-state index < -0.39 is 41.6 Å². The number of aryl methyl sites for hydroxylation is 1. The lowest BCUT2D eigenvalue weighted by atomic mass is 10.0. The van der Waals surface area contributed by atoms with Crippen LogP contribution in [0.4, 0.5) is 5.69 Å². The van der Waals surface area contributed by atoms with E-state index in [-0.39, 0.29) is 63.3 Å². The predicted octanol–water partition coefficient (Wildman–Crippen LogP) is 1.33. The maximum absolute atomic E-state index is 13.6. The molecule has 6 N–H and O–H groups in total. The van der Waals surface area contributed by atoms with Gasteiger partial charge in [-0.2, -0.15) is 11.8 Å². The van der Waals surface area contributed by atoms with Gasteiger partial charge in [0, 0.05) is 17.9 Å². The van der Waals surface area contributed by atoms with Gasteiger partial charge in [0.15, 0.2) is 0 Å². The fourth-order valence-corrected chi connectivity index (χ4v) is 5.91. The molecule has 0 bridgehead atoms. The van der Waals surface area contributed by atoms with Gasteiger partial charge in [-0.25, -0.2) is 0 Å². The smallest absolute Gasteiger partial charge is 0.248 e. The highest BCUT2D eigenvalue weighted by Gasteiger charge is 2.30. The number of aliphatic hydroxyl groups is 1. The average molecular weight is 722 g/mol. The molecule has 14 nitrogen and oxygen atoms in total. The lowest BCUT2D eigenvalue weighted by molar-refractivity contribution is -0.154. The average Bonchev–Trinajstić information content (AvgIpc) is 3.16. The summed E-state index contributed by atoms with van der Waals surface area (Å²) in [4.78, 5) is 81.4. The summed E-state index contributed by atoms with van der Waals surface area (Å²) >= 11 is 1.20. The fraction of sp³-hybridized carbons (Fsp3) is 0.389. The van der Waals surface area contributed by atoms with Crippen molar-refractivity contribution in [1.29, 1.82) is 0 Å². The van der Waals surface area contributed by atoms with E-state index in [9.17, 15) is 33.9 Å². The van der Waals surface area contributed by atoms with E-state index in [4.69, 9.17) is 5.73 Å². The molecule has 0 aromatic heterocycles. The summed E-state index contributed by atoms with van der Waals surface area (Å²) < 4.78 is 0. The van der Waals surface area contributed by atoms with Gasteiger partial charge in [0.05, 0.1) is 32.4 Å². The van der Waals surface area contributed by atoms with E-state index in [0.29, 0.717) is 30.6 Å². The highest BCUT2D eigenvalue weighted by molar-refractivity contribution is 7.99. The zero-order chi connectivity index (χ0) is 37.2. The number of aliphatic hydroxyl groups excluding tert-OH is 1. The topological polar surface area (TPSA) is 194 Å². The molecule has 0 spiro atoms. The third kappa shape index (κ3) is 13.3. The monoisotopic (exact) mass is 721 g/mol.